The molecule has 0 aliphatic heterocycles. The zero-order chi connectivity index (χ0) is 19.1. The molecule has 0 saturated heterocycles. The second kappa shape index (κ2) is 9.88. The van der Waals surface area contributed by atoms with Crippen LogP contribution in [0, 0.1) is 11.7 Å². The van der Waals surface area contributed by atoms with Gasteiger partial charge in [0.2, 0.25) is 0 Å². The molecule has 1 fully saturated rings. The number of rotatable bonds is 7. The zero-order valence-electron chi connectivity index (χ0n) is 16.9. The van der Waals surface area contributed by atoms with Crippen molar-refractivity contribution in [3.63, 3.8) is 0 Å². The van der Waals surface area contributed by atoms with Gasteiger partial charge < -0.3 is 0 Å². The smallest absolute Gasteiger partial charge is 0.130 e. The number of halogens is 1. The lowest BCUT2D eigenvalue weighted by atomic mass is 9.77. The van der Waals surface area contributed by atoms with Gasteiger partial charge in [-0.15, -0.1) is 0 Å². The molecule has 0 unspecified atom stereocenters. The molecule has 1 aliphatic rings. The molecule has 0 aromatic heterocycles. The van der Waals surface area contributed by atoms with Crippen LogP contribution in [0.5, 0.6) is 0 Å². The Bertz CT molecular complexity index is 733. The van der Waals surface area contributed by atoms with Crippen molar-refractivity contribution in [3.05, 3.63) is 70.5 Å². The van der Waals surface area contributed by atoms with Crippen LogP contribution in [0.4, 0.5) is 4.39 Å². The van der Waals surface area contributed by atoms with Crippen LogP contribution in [0.3, 0.4) is 0 Å². The minimum absolute atomic E-state index is 0.0953. The third-order valence-electron chi connectivity index (χ3n) is 6.01. The third kappa shape index (κ3) is 5.54. The van der Waals surface area contributed by atoms with Crippen molar-refractivity contribution >= 4 is 12.2 Å². The molecule has 0 heterocycles. The lowest BCUT2D eigenvalue weighted by Crippen LogP contribution is -2.13. The van der Waals surface area contributed by atoms with Crippen molar-refractivity contribution < 1.29 is 4.39 Å². The summed E-state index contributed by atoms with van der Waals surface area (Å²) in [7, 11) is 0. The molecule has 0 N–H and O–H groups in total. The van der Waals surface area contributed by atoms with E-state index in [1.807, 2.05) is 18.2 Å². The van der Waals surface area contributed by atoms with Crippen LogP contribution in [0.15, 0.2) is 42.5 Å². The van der Waals surface area contributed by atoms with E-state index < -0.39 is 0 Å². The van der Waals surface area contributed by atoms with Crippen LogP contribution in [0.25, 0.3) is 12.2 Å². The van der Waals surface area contributed by atoms with E-state index in [1.165, 1.54) is 49.7 Å². The van der Waals surface area contributed by atoms with Crippen LogP contribution in [0.2, 0.25) is 0 Å². The molecule has 0 bridgehead atoms. The van der Waals surface area contributed by atoms with Crippen molar-refractivity contribution in [3.8, 4) is 0 Å². The van der Waals surface area contributed by atoms with E-state index in [0.29, 0.717) is 11.5 Å². The predicted octanol–water partition coefficient (Wildman–Crippen LogP) is 8.02. The quantitative estimate of drug-likeness (QED) is 0.436. The Hall–Kier alpha value is -1.89. The molecule has 0 radical (unpaired) electrons. The summed E-state index contributed by atoms with van der Waals surface area (Å²) in [5.41, 5.74) is 4.34. The van der Waals surface area contributed by atoms with Crippen molar-refractivity contribution in [2.45, 2.75) is 71.1 Å². The summed E-state index contributed by atoms with van der Waals surface area (Å²) in [5, 5.41) is 0. The zero-order valence-corrected chi connectivity index (χ0v) is 16.9. The summed E-state index contributed by atoms with van der Waals surface area (Å²) >= 11 is 0. The van der Waals surface area contributed by atoms with E-state index in [4.69, 9.17) is 0 Å². The summed E-state index contributed by atoms with van der Waals surface area (Å²) in [4.78, 5) is 0. The molecule has 3 rings (SSSR count). The SMILES string of the molecule is CCCc1ccc(/C=C/c2ccc(C3CCC(CCC)CC3)cc2F)cc1. The first-order chi connectivity index (χ1) is 13.2. The van der Waals surface area contributed by atoms with Gasteiger partial charge in [-0.2, -0.15) is 0 Å². The Kier molecular flexibility index (Phi) is 7.26. The fourth-order valence-electron chi connectivity index (χ4n) is 4.40. The summed E-state index contributed by atoms with van der Waals surface area (Å²) in [6.07, 6.45) is 13.8. The maximum Gasteiger partial charge on any atom is 0.130 e. The average Bonchev–Trinajstić information content (AvgIpc) is 2.69. The third-order valence-corrected chi connectivity index (χ3v) is 6.01. The predicted molar refractivity (Wildman–Crippen MR) is 115 cm³/mol. The van der Waals surface area contributed by atoms with Crippen LogP contribution in [-0.4, -0.2) is 0 Å². The Morgan fingerprint density at radius 3 is 2.26 bits per heavy atom. The van der Waals surface area contributed by atoms with E-state index in [9.17, 15) is 4.39 Å². The van der Waals surface area contributed by atoms with Gasteiger partial charge in [0, 0.05) is 5.56 Å². The lowest BCUT2D eigenvalue weighted by molar-refractivity contribution is 0.308. The second-order valence-corrected chi connectivity index (χ2v) is 8.11. The van der Waals surface area contributed by atoms with Gasteiger partial charge in [-0.3, -0.25) is 0 Å². The van der Waals surface area contributed by atoms with E-state index in [1.54, 1.807) is 6.07 Å². The lowest BCUT2D eigenvalue weighted by Gasteiger charge is -2.28. The fourth-order valence-corrected chi connectivity index (χ4v) is 4.40. The molecule has 0 nitrogen and oxygen atoms in total. The maximum atomic E-state index is 14.6. The average molecular weight is 365 g/mol. The second-order valence-electron chi connectivity index (χ2n) is 8.11. The molecule has 0 atom stereocenters. The Balaban J connectivity index is 1.63. The highest BCUT2D eigenvalue weighted by Gasteiger charge is 2.22. The summed E-state index contributed by atoms with van der Waals surface area (Å²) in [6, 6.07) is 14.4. The van der Waals surface area contributed by atoms with Crippen molar-refractivity contribution in [2.24, 2.45) is 5.92 Å². The first-order valence-corrected chi connectivity index (χ1v) is 10.8. The van der Waals surface area contributed by atoms with Crippen molar-refractivity contribution in [2.75, 3.05) is 0 Å². The number of aryl methyl sites for hydroxylation is 1. The van der Waals surface area contributed by atoms with E-state index >= 15 is 0 Å². The first kappa shape index (κ1) is 19.9. The monoisotopic (exact) mass is 364 g/mol. The minimum Gasteiger partial charge on any atom is -0.206 e. The van der Waals surface area contributed by atoms with E-state index in [2.05, 4.69) is 44.2 Å². The highest BCUT2D eigenvalue weighted by Crippen LogP contribution is 2.37. The highest BCUT2D eigenvalue weighted by molar-refractivity contribution is 5.70. The van der Waals surface area contributed by atoms with Gasteiger partial charge in [0.1, 0.15) is 5.82 Å². The molecular weight excluding hydrogens is 331 g/mol. The topological polar surface area (TPSA) is 0 Å². The minimum atomic E-state index is -0.0953. The molecule has 1 heteroatoms. The molecule has 144 valence electrons. The standard InChI is InChI=1S/C26H33F/c1-3-5-20-7-9-22(10-8-20)13-16-24-17-18-25(19-26(24)27)23-14-11-21(6-4-2)12-15-23/h7-10,13,16-19,21,23H,3-6,11-12,14-15H2,1-2H3/b16-13+. The molecule has 2 aromatic carbocycles. The summed E-state index contributed by atoms with van der Waals surface area (Å²) in [6.45, 7) is 4.46. The van der Waals surface area contributed by atoms with Gasteiger partial charge >= 0.3 is 0 Å². The van der Waals surface area contributed by atoms with E-state index in [-0.39, 0.29) is 5.82 Å². The normalized spacial score (nSPS) is 20.3. The van der Waals surface area contributed by atoms with Crippen molar-refractivity contribution in [1.29, 1.82) is 0 Å². The van der Waals surface area contributed by atoms with Gasteiger partial charge in [0.15, 0.2) is 0 Å². The Morgan fingerprint density at radius 2 is 1.63 bits per heavy atom. The number of hydrogen-bond acceptors (Lipinski definition) is 0. The highest BCUT2D eigenvalue weighted by atomic mass is 19.1. The molecular formula is C26H33F. The molecule has 1 saturated carbocycles. The summed E-state index contributed by atoms with van der Waals surface area (Å²) < 4.78 is 14.6. The number of benzene rings is 2. The van der Waals surface area contributed by atoms with Gasteiger partial charge in [0.05, 0.1) is 0 Å². The van der Waals surface area contributed by atoms with E-state index in [0.717, 1.165) is 24.3 Å². The maximum absolute atomic E-state index is 14.6. The van der Waals surface area contributed by atoms with Crippen LogP contribution < -0.4 is 0 Å². The number of hydrogen-bond donors (Lipinski definition) is 0. The van der Waals surface area contributed by atoms with Gasteiger partial charge in [-0.05, 0) is 66.7 Å². The molecule has 27 heavy (non-hydrogen) atoms. The molecule has 2 aromatic rings. The largest absolute Gasteiger partial charge is 0.206 e. The molecule has 0 amide bonds. The van der Waals surface area contributed by atoms with Crippen LogP contribution in [-0.2, 0) is 6.42 Å². The van der Waals surface area contributed by atoms with Gasteiger partial charge in [-0.25, -0.2) is 4.39 Å². The van der Waals surface area contributed by atoms with Gasteiger partial charge in [-0.1, -0.05) is 81.7 Å². The van der Waals surface area contributed by atoms with Crippen molar-refractivity contribution in [1.82, 2.24) is 0 Å². The summed E-state index contributed by atoms with van der Waals surface area (Å²) in [5.74, 6) is 1.33. The van der Waals surface area contributed by atoms with Crippen LogP contribution in [0.1, 0.15) is 87.0 Å². The Labute approximate surface area is 164 Å². The van der Waals surface area contributed by atoms with Crippen LogP contribution >= 0.6 is 0 Å². The first-order valence-electron chi connectivity index (χ1n) is 10.8. The Morgan fingerprint density at radius 1 is 0.889 bits per heavy atom. The molecule has 0 spiro atoms. The molecule has 1 aliphatic carbocycles. The van der Waals surface area contributed by atoms with Gasteiger partial charge in [0.25, 0.3) is 0 Å². The fraction of sp³-hybridized carbons (Fsp3) is 0.462.